The maximum atomic E-state index is 12.6. The van der Waals surface area contributed by atoms with E-state index in [4.69, 9.17) is 16.1 Å². The summed E-state index contributed by atoms with van der Waals surface area (Å²) >= 11 is 5.83. The average Bonchev–Trinajstić information content (AvgIpc) is 3.11. The fourth-order valence-electron chi connectivity index (χ4n) is 2.41. The minimum atomic E-state index is -4.17. The van der Waals surface area contributed by atoms with Crippen LogP contribution in [0.25, 0.3) is 11.4 Å². The molecule has 0 aliphatic heterocycles. The topological polar surface area (TPSA) is 128 Å². The lowest BCUT2D eigenvalue weighted by Gasteiger charge is -2.08. The molecule has 0 aliphatic carbocycles. The number of hydrogen-bond donors (Lipinski definition) is 1. The van der Waals surface area contributed by atoms with E-state index in [1.165, 1.54) is 12.1 Å². The molecule has 0 unspecified atom stereocenters. The normalized spacial score (nSPS) is 11.5. The second-order valence-electron chi connectivity index (χ2n) is 6.00. The van der Waals surface area contributed by atoms with Crippen LogP contribution in [0.5, 0.6) is 0 Å². The number of aromatic nitrogens is 2. The third kappa shape index (κ3) is 4.19. The van der Waals surface area contributed by atoms with Gasteiger partial charge in [0, 0.05) is 16.7 Å². The number of halogens is 1. The van der Waals surface area contributed by atoms with E-state index in [9.17, 15) is 18.5 Å². The highest BCUT2D eigenvalue weighted by Crippen LogP contribution is 2.27. The van der Waals surface area contributed by atoms with Crippen molar-refractivity contribution < 1.29 is 17.9 Å². The Morgan fingerprint density at radius 3 is 2.46 bits per heavy atom. The Balaban J connectivity index is 1.82. The van der Waals surface area contributed by atoms with Gasteiger partial charge in [-0.05, 0) is 55.3 Å². The molecular formula is C17H15ClN4O5S. The molecule has 0 spiro atoms. The maximum absolute atomic E-state index is 12.6. The first-order valence-electron chi connectivity index (χ1n) is 8.01. The van der Waals surface area contributed by atoms with Gasteiger partial charge in [-0.25, -0.2) is 13.1 Å². The van der Waals surface area contributed by atoms with Crippen LogP contribution in [-0.2, 0) is 16.6 Å². The minimum absolute atomic E-state index is 0.0139. The first-order chi connectivity index (χ1) is 13.2. The van der Waals surface area contributed by atoms with Crippen molar-refractivity contribution in [3.8, 4) is 11.4 Å². The molecule has 3 aromatic rings. The quantitative estimate of drug-likeness (QED) is 0.476. The largest absolute Gasteiger partial charge is 0.338 e. The van der Waals surface area contributed by atoms with Crippen LogP contribution in [0, 0.1) is 24.0 Å². The summed E-state index contributed by atoms with van der Waals surface area (Å²) in [5.41, 5.74) is 1.39. The molecule has 0 saturated heterocycles. The van der Waals surface area contributed by atoms with Crippen molar-refractivity contribution in [2.24, 2.45) is 0 Å². The van der Waals surface area contributed by atoms with Crippen LogP contribution >= 0.6 is 11.6 Å². The number of nitro groups is 1. The third-order valence-electron chi connectivity index (χ3n) is 4.05. The van der Waals surface area contributed by atoms with E-state index in [1.807, 2.05) is 0 Å². The smallest absolute Gasteiger partial charge is 0.289 e. The van der Waals surface area contributed by atoms with E-state index in [-0.39, 0.29) is 18.3 Å². The summed E-state index contributed by atoms with van der Waals surface area (Å²) in [5.74, 6) is 0.281. The van der Waals surface area contributed by atoms with Gasteiger partial charge in [-0.15, -0.1) is 0 Å². The average molecular weight is 423 g/mol. The number of rotatable bonds is 6. The lowest BCUT2D eigenvalue weighted by Crippen LogP contribution is -2.24. The van der Waals surface area contributed by atoms with Crippen LogP contribution in [0.3, 0.4) is 0 Å². The van der Waals surface area contributed by atoms with Crippen molar-refractivity contribution in [1.82, 2.24) is 14.9 Å². The summed E-state index contributed by atoms with van der Waals surface area (Å²) in [6.07, 6.45) is 0. The Morgan fingerprint density at radius 1 is 1.18 bits per heavy atom. The van der Waals surface area contributed by atoms with E-state index in [2.05, 4.69) is 14.9 Å². The summed E-state index contributed by atoms with van der Waals surface area (Å²) in [6, 6.07) is 9.21. The van der Waals surface area contributed by atoms with E-state index >= 15 is 0 Å². The number of nitro benzene ring substituents is 1. The van der Waals surface area contributed by atoms with Gasteiger partial charge in [0.25, 0.3) is 5.69 Å². The molecule has 146 valence electrons. The molecule has 0 atom stereocenters. The number of nitrogens with zero attached hydrogens (tertiary/aromatic N) is 3. The van der Waals surface area contributed by atoms with Crippen LogP contribution < -0.4 is 4.72 Å². The van der Waals surface area contributed by atoms with Gasteiger partial charge >= 0.3 is 0 Å². The van der Waals surface area contributed by atoms with Gasteiger partial charge in [0.1, 0.15) is 0 Å². The Labute approximate surface area is 165 Å². The Bertz CT molecular complexity index is 1140. The van der Waals surface area contributed by atoms with E-state index in [0.717, 1.165) is 0 Å². The number of aryl methyl sites for hydroxylation is 2. The van der Waals surface area contributed by atoms with Crippen LogP contribution in [0.1, 0.15) is 17.0 Å². The molecule has 0 fully saturated rings. The Morgan fingerprint density at radius 2 is 1.82 bits per heavy atom. The van der Waals surface area contributed by atoms with E-state index in [0.29, 0.717) is 21.7 Å². The van der Waals surface area contributed by atoms with Gasteiger partial charge in [0.05, 0.1) is 11.5 Å². The summed E-state index contributed by atoms with van der Waals surface area (Å²) in [5, 5.41) is 15.6. The van der Waals surface area contributed by atoms with Gasteiger partial charge in [0.2, 0.25) is 21.7 Å². The van der Waals surface area contributed by atoms with Crippen molar-refractivity contribution in [2.45, 2.75) is 25.3 Å². The molecule has 0 saturated carbocycles. The fourth-order valence-corrected chi connectivity index (χ4v) is 3.75. The zero-order valence-electron chi connectivity index (χ0n) is 14.8. The predicted octanol–water partition coefficient (Wildman–Crippen LogP) is 3.39. The SMILES string of the molecule is Cc1cc([N+](=O)[O-])c(S(=O)(=O)NCc2nc(-c3ccc(Cl)cc3)no2)cc1C. The van der Waals surface area contributed by atoms with Crippen molar-refractivity contribution in [1.29, 1.82) is 0 Å². The lowest BCUT2D eigenvalue weighted by atomic mass is 10.1. The molecule has 1 aromatic heterocycles. The monoisotopic (exact) mass is 422 g/mol. The lowest BCUT2D eigenvalue weighted by molar-refractivity contribution is -0.387. The molecule has 11 heteroatoms. The first-order valence-corrected chi connectivity index (χ1v) is 9.87. The van der Waals surface area contributed by atoms with Crippen LogP contribution in [0.4, 0.5) is 5.69 Å². The molecule has 0 radical (unpaired) electrons. The van der Waals surface area contributed by atoms with Crippen molar-refractivity contribution in [3.63, 3.8) is 0 Å². The molecule has 1 N–H and O–H groups in total. The second-order valence-corrected chi connectivity index (χ2v) is 8.18. The van der Waals surface area contributed by atoms with Gasteiger partial charge < -0.3 is 4.52 Å². The highest BCUT2D eigenvalue weighted by molar-refractivity contribution is 7.89. The summed E-state index contributed by atoms with van der Waals surface area (Å²) in [4.78, 5) is 14.2. The van der Waals surface area contributed by atoms with E-state index in [1.54, 1.807) is 38.1 Å². The predicted molar refractivity (Wildman–Crippen MR) is 101 cm³/mol. The number of hydrogen-bond acceptors (Lipinski definition) is 7. The molecule has 9 nitrogen and oxygen atoms in total. The van der Waals surface area contributed by atoms with Crippen LogP contribution in [0.15, 0.2) is 45.8 Å². The van der Waals surface area contributed by atoms with Gasteiger partial charge in [-0.3, -0.25) is 10.1 Å². The van der Waals surface area contributed by atoms with Gasteiger partial charge in [0.15, 0.2) is 4.90 Å². The van der Waals surface area contributed by atoms with Crippen molar-refractivity contribution in [2.75, 3.05) is 0 Å². The molecule has 28 heavy (non-hydrogen) atoms. The van der Waals surface area contributed by atoms with E-state index < -0.39 is 25.5 Å². The minimum Gasteiger partial charge on any atom is -0.338 e. The van der Waals surface area contributed by atoms with Gasteiger partial charge in [-0.2, -0.15) is 4.98 Å². The molecule has 3 rings (SSSR count). The fraction of sp³-hybridized carbons (Fsp3) is 0.176. The molecular weight excluding hydrogens is 408 g/mol. The molecule has 2 aromatic carbocycles. The third-order valence-corrected chi connectivity index (χ3v) is 5.73. The zero-order valence-corrected chi connectivity index (χ0v) is 16.4. The Hall–Kier alpha value is -2.82. The van der Waals surface area contributed by atoms with Crippen molar-refractivity contribution >= 4 is 27.3 Å². The zero-order chi connectivity index (χ0) is 20.5. The Kier molecular flexibility index (Phi) is 5.45. The highest BCUT2D eigenvalue weighted by Gasteiger charge is 2.27. The molecule has 1 heterocycles. The molecule has 0 bridgehead atoms. The summed E-state index contributed by atoms with van der Waals surface area (Å²) in [6.45, 7) is 3.03. The number of benzene rings is 2. The highest BCUT2D eigenvalue weighted by atomic mass is 35.5. The number of sulfonamides is 1. The second kappa shape index (κ2) is 7.66. The van der Waals surface area contributed by atoms with Crippen molar-refractivity contribution in [3.05, 3.63) is 68.6 Å². The standard InChI is InChI=1S/C17H15ClN4O5S/c1-10-7-14(22(23)24)15(8-11(10)2)28(25,26)19-9-16-20-17(21-27-16)12-3-5-13(18)6-4-12/h3-8,19H,9H2,1-2H3. The molecule has 0 aliphatic rings. The first kappa shape index (κ1) is 19.9. The van der Waals surface area contributed by atoms with Crippen LogP contribution in [0.2, 0.25) is 5.02 Å². The molecule has 0 amide bonds. The number of nitrogens with one attached hydrogen (secondary N) is 1. The summed E-state index contributed by atoms with van der Waals surface area (Å²) in [7, 11) is -4.17. The van der Waals surface area contributed by atoms with Gasteiger partial charge in [-0.1, -0.05) is 16.8 Å². The van der Waals surface area contributed by atoms with Crippen LogP contribution in [-0.4, -0.2) is 23.5 Å². The summed E-state index contributed by atoms with van der Waals surface area (Å²) < 4.78 is 32.5. The maximum Gasteiger partial charge on any atom is 0.289 e.